The maximum absolute atomic E-state index is 11.7. The number of nitrogens with one attached hydrogen (secondary N) is 4. The highest BCUT2D eigenvalue weighted by atomic mass is 32.1. The molecule has 0 aliphatic rings. The van der Waals surface area contributed by atoms with Gasteiger partial charge in [0, 0.05) is 30.0 Å². The second-order valence-electron chi connectivity index (χ2n) is 5.99. The normalized spacial score (nSPS) is 10.2. The summed E-state index contributed by atoms with van der Waals surface area (Å²) in [5.41, 5.74) is 2.65. The predicted molar refractivity (Wildman–Crippen MR) is 110 cm³/mol. The molecule has 6 nitrogen and oxygen atoms in total. The van der Waals surface area contributed by atoms with Gasteiger partial charge in [-0.2, -0.15) is 0 Å². The Morgan fingerprint density at radius 2 is 1.81 bits per heavy atom. The van der Waals surface area contributed by atoms with E-state index in [1.54, 1.807) is 7.11 Å². The lowest BCUT2D eigenvalue weighted by atomic mass is 10.2. The molecule has 2 rings (SSSR count). The fraction of sp³-hybridized carbons (Fsp3) is 0.263. The van der Waals surface area contributed by atoms with Gasteiger partial charge in [0.05, 0.1) is 7.11 Å². The van der Waals surface area contributed by atoms with Crippen molar-refractivity contribution >= 4 is 34.7 Å². The SMILES string of the molecule is COc1cccc(NC(=S)NCc2ccc(NC(=O)NC(C)C)cc2)c1. The summed E-state index contributed by atoms with van der Waals surface area (Å²) in [5.74, 6) is 0.766. The van der Waals surface area contributed by atoms with E-state index in [1.807, 2.05) is 62.4 Å². The molecule has 0 saturated carbocycles. The van der Waals surface area contributed by atoms with Crippen LogP contribution < -0.4 is 26.0 Å². The van der Waals surface area contributed by atoms with Crippen molar-refractivity contribution in [1.29, 1.82) is 0 Å². The summed E-state index contributed by atoms with van der Waals surface area (Å²) in [5, 5.41) is 12.4. The molecule has 7 heteroatoms. The van der Waals surface area contributed by atoms with E-state index in [9.17, 15) is 4.79 Å². The highest BCUT2D eigenvalue weighted by Gasteiger charge is 2.04. The van der Waals surface area contributed by atoms with Crippen LogP contribution >= 0.6 is 12.2 Å². The fourth-order valence-electron chi connectivity index (χ4n) is 2.19. The maximum Gasteiger partial charge on any atom is 0.319 e. The maximum atomic E-state index is 11.7. The number of carbonyl (C=O) groups excluding carboxylic acids is 1. The molecular weight excluding hydrogens is 348 g/mol. The molecule has 2 aromatic rings. The Balaban J connectivity index is 1.81. The monoisotopic (exact) mass is 372 g/mol. The number of carbonyl (C=O) groups is 1. The summed E-state index contributed by atoms with van der Waals surface area (Å²) in [4.78, 5) is 11.7. The number of hydrogen-bond donors (Lipinski definition) is 4. The lowest BCUT2D eigenvalue weighted by Gasteiger charge is -2.12. The molecule has 2 aromatic carbocycles. The third kappa shape index (κ3) is 6.60. The van der Waals surface area contributed by atoms with Crippen LogP contribution in [0.2, 0.25) is 0 Å². The molecule has 0 radical (unpaired) electrons. The minimum Gasteiger partial charge on any atom is -0.497 e. The van der Waals surface area contributed by atoms with Crippen molar-refractivity contribution in [2.75, 3.05) is 17.7 Å². The number of hydrogen-bond acceptors (Lipinski definition) is 3. The molecule has 2 amide bonds. The van der Waals surface area contributed by atoms with E-state index in [0.29, 0.717) is 11.7 Å². The molecule has 0 fully saturated rings. The van der Waals surface area contributed by atoms with Crippen LogP contribution in [-0.2, 0) is 6.54 Å². The Kier molecular flexibility index (Phi) is 7.23. The van der Waals surface area contributed by atoms with Crippen LogP contribution in [0.4, 0.5) is 16.2 Å². The molecular formula is C19H24N4O2S. The fourth-order valence-corrected chi connectivity index (χ4v) is 2.38. The molecule has 0 aliphatic heterocycles. The molecule has 0 aromatic heterocycles. The lowest BCUT2D eigenvalue weighted by Crippen LogP contribution is -2.34. The van der Waals surface area contributed by atoms with E-state index < -0.39 is 0 Å². The Morgan fingerprint density at radius 3 is 2.46 bits per heavy atom. The van der Waals surface area contributed by atoms with E-state index in [-0.39, 0.29) is 12.1 Å². The van der Waals surface area contributed by atoms with E-state index >= 15 is 0 Å². The number of benzene rings is 2. The lowest BCUT2D eigenvalue weighted by molar-refractivity contribution is 0.250. The van der Waals surface area contributed by atoms with Crippen LogP contribution in [0.5, 0.6) is 5.75 Å². The summed E-state index contributed by atoms with van der Waals surface area (Å²) in [7, 11) is 1.63. The summed E-state index contributed by atoms with van der Waals surface area (Å²) in [6.45, 7) is 4.40. The zero-order valence-corrected chi connectivity index (χ0v) is 15.9. The summed E-state index contributed by atoms with van der Waals surface area (Å²) in [6, 6.07) is 15.0. The van der Waals surface area contributed by atoms with Crippen molar-refractivity contribution in [3.05, 3.63) is 54.1 Å². The second kappa shape index (κ2) is 9.62. The highest BCUT2D eigenvalue weighted by molar-refractivity contribution is 7.80. The van der Waals surface area contributed by atoms with Crippen LogP contribution in [-0.4, -0.2) is 24.3 Å². The van der Waals surface area contributed by atoms with E-state index in [0.717, 1.165) is 22.7 Å². The van der Waals surface area contributed by atoms with Gasteiger partial charge in [0.25, 0.3) is 0 Å². The largest absolute Gasteiger partial charge is 0.497 e. The Bertz CT molecular complexity index is 747. The first-order valence-corrected chi connectivity index (χ1v) is 8.72. The minimum absolute atomic E-state index is 0.0940. The molecule has 0 unspecified atom stereocenters. The summed E-state index contributed by atoms with van der Waals surface area (Å²) < 4.78 is 5.19. The molecule has 0 aliphatic carbocycles. The van der Waals surface area contributed by atoms with Crippen LogP contribution in [0, 0.1) is 0 Å². The van der Waals surface area contributed by atoms with Crippen molar-refractivity contribution < 1.29 is 9.53 Å². The zero-order valence-electron chi connectivity index (χ0n) is 15.1. The minimum atomic E-state index is -0.213. The quantitative estimate of drug-likeness (QED) is 0.582. The van der Waals surface area contributed by atoms with Crippen molar-refractivity contribution in [1.82, 2.24) is 10.6 Å². The van der Waals surface area contributed by atoms with Gasteiger partial charge >= 0.3 is 6.03 Å². The van der Waals surface area contributed by atoms with Crippen molar-refractivity contribution in [3.63, 3.8) is 0 Å². The standard InChI is InChI=1S/C19H24N4O2S/c1-13(2)21-18(24)22-15-9-7-14(8-10-15)12-20-19(26)23-16-5-4-6-17(11-16)25-3/h4-11,13H,12H2,1-3H3,(H2,20,23,26)(H2,21,22,24). The number of ether oxygens (including phenoxy) is 1. The Labute approximate surface area is 159 Å². The van der Waals surface area contributed by atoms with Gasteiger partial charge in [0.15, 0.2) is 5.11 Å². The van der Waals surface area contributed by atoms with Gasteiger partial charge in [-0.1, -0.05) is 18.2 Å². The number of methoxy groups -OCH3 is 1. The van der Waals surface area contributed by atoms with Gasteiger partial charge in [-0.25, -0.2) is 4.79 Å². The molecule has 0 atom stereocenters. The molecule has 138 valence electrons. The van der Waals surface area contributed by atoms with Crippen molar-refractivity contribution in [2.24, 2.45) is 0 Å². The van der Waals surface area contributed by atoms with Gasteiger partial charge in [-0.3, -0.25) is 0 Å². The molecule has 0 bridgehead atoms. The number of anilines is 2. The average Bonchev–Trinajstić information content (AvgIpc) is 2.60. The molecule has 0 saturated heterocycles. The Hall–Kier alpha value is -2.80. The van der Waals surface area contributed by atoms with E-state index in [2.05, 4.69) is 21.3 Å². The number of urea groups is 1. The Morgan fingerprint density at radius 1 is 1.08 bits per heavy atom. The van der Waals surface area contributed by atoms with Gasteiger partial charge in [0.1, 0.15) is 5.75 Å². The topological polar surface area (TPSA) is 74.4 Å². The van der Waals surface area contributed by atoms with Crippen LogP contribution in [0.3, 0.4) is 0 Å². The van der Waals surface area contributed by atoms with Gasteiger partial charge in [-0.05, 0) is 55.9 Å². The first-order chi connectivity index (χ1) is 12.5. The van der Waals surface area contributed by atoms with Crippen LogP contribution in [0.1, 0.15) is 19.4 Å². The molecule has 0 spiro atoms. The second-order valence-corrected chi connectivity index (χ2v) is 6.40. The number of rotatable bonds is 6. The summed E-state index contributed by atoms with van der Waals surface area (Å²) in [6.07, 6.45) is 0. The highest BCUT2D eigenvalue weighted by Crippen LogP contribution is 2.16. The van der Waals surface area contributed by atoms with E-state index in [1.165, 1.54) is 0 Å². The van der Waals surface area contributed by atoms with Gasteiger partial charge < -0.3 is 26.0 Å². The average molecular weight is 372 g/mol. The molecule has 4 N–H and O–H groups in total. The first-order valence-electron chi connectivity index (χ1n) is 8.31. The number of thiocarbonyl (C=S) groups is 1. The van der Waals surface area contributed by atoms with Crippen molar-refractivity contribution in [3.8, 4) is 5.75 Å². The van der Waals surface area contributed by atoms with Crippen molar-refractivity contribution in [2.45, 2.75) is 26.4 Å². The first kappa shape index (κ1) is 19.5. The molecule has 0 heterocycles. The van der Waals surface area contributed by atoms with Gasteiger partial charge in [0.2, 0.25) is 0 Å². The zero-order chi connectivity index (χ0) is 18.9. The third-order valence-electron chi connectivity index (χ3n) is 3.41. The number of amides is 2. The smallest absolute Gasteiger partial charge is 0.319 e. The van der Waals surface area contributed by atoms with E-state index in [4.69, 9.17) is 17.0 Å². The van der Waals surface area contributed by atoms with Crippen LogP contribution in [0.25, 0.3) is 0 Å². The predicted octanol–water partition coefficient (Wildman–Crippen LogP) is 3.71. The summed E-state index contributed by atoms with van der Waals surface area (Å²) >= 11 is 5.31. The van der Waals surface area contributed by atoms with Gasteiger partial charge in [-0.15, -0.1) is 0 Å². The van der Waals surface area contributed by atoms with Crippen LogP contribution in [0.15, 0.2) is 48.5 Å². The molecule has 26 heavy (non-hydrogen) atoms. The third-order valence-corrected chi connectivity index (χ3v) is 3.66.